The van der Waals surface area contributed by atoms with Crippen LogP contribution in [-0.4, -0.2) is 24.0 Å². The molecule has 0 unspecified atom stereocenters. The van der Waals surface area contributed by atoms with E-state index in [1.807, 2.05) is 13.8 Å². The van der Waals surface area contributed by atoms with E-state index in [-0.39, 0.29) is 5.91 Å². The Hall–Kier alpha value is -0.940. The van der Waals surface area contributed by atoms with Crippen LogP contribution < -0.4 is 10.6 Å². The number of carbonyl (C=O) groups is 1. The van der Waals surface area contributed by atoms with E-state index in [0.717, 1.165) is 23.7 Å². The van der Waals surface area contributed by atoms with Crippen LogP contribution in [0.1, 0.15) is 23.9 Å². The van der Waals surface area contributed by atoms with Crippen molar-refractivity contribution in [2.75, 3.05) is 13.1 Å². The van der Waals surface area contributed by atoms with E-state index in [9.17, 15) is 4.79 Å². The van der Waals surface area contributed by atoms with Gasteiger partial charge < -0.3 is 10.6 Å². The first kappa shape index (κ1) is 12.1. The summed E-state index contributed by atoms with van der Waals surface area (Å²) in [6.45, 7) is 6.22. The fourth-order valence-electron chi connectivity index (χ4n) is 1.14. The zero-order valence-corrected chi connectivity index (χ0v) is 9.99. The van der Waals surface area contributed by atoms with Gasteiger partial charge in [0.25, 0.3) is 0 Å². The molecular formula is C10H17N3OS. The number of aryl methyl sites for hydroxylation is 1. The van der Waals surface area contributed by atoms with Crippen LogP contribution >= 0.6 is 11.3 Å². The Labute approximate surface area is 94.1 Å². The fraction of sp³-hybridized carbons (Fsp3) is 0.600. The number of nitrogens with zero attached hydrogens (tertiary/aromatic N) is 1. The van der Waals surface area contributed by atoms with Crippen LogP contribution in [0.4, 0.5) is 0 Å². The van der Waals surface area contributed by atoms with Gasteiger partial charge in [0.15, 0.2) is 0 Å². The molecule has 0 aliphatic rings. The van der Waals surface area contributed by atoms with Gasteiger partial charge in [-0.05, 0) is 13.5 Å². The second kappa shape index (κ2) is 6.53. The third kappa shape index (κ3) is 4.40. The summed E-state index contributed by atoms with van der Waals surface area (Å²) in [7, 11) is 0. The van der Waals surface area contributed by atoms with Crippen LogP contribution in [0, 0.1) is 6.92 Å². The molecule has 2 N–H and O–H groups in total. The van der Waals surface area contributed by atoms with Gasteiger partial charge in [-0.2, -0.15) is 0 Å². The molecule has 0 bridgehead atoms. The minimum Gasteiger partial charge on any atom is -0.351 e. The zero-order chi connectivity index (χ0) is 11.1. The Balaban J connectivity index is 2.20. The second-order valence-electron chi connectivity index (χ2n) is 3.24. The summed E-state index contributed by atoms with van der Waals surface area (Å²) >= 11 is 1.58. The Morgan fingerprint density at radius 1 is 1.60 bits per heavy atom. The molecule has 5 heteroatoms. The van der Waals surface area contributed by atoms with Gasteiger partial charge in [-0.1, -0.05) is 6.92 Å². The number of carbonyl (C=O) groups excluding carboxylic acids is 1. The lowest BCUT2D eigenvalue weighted by molar-refractivity contribution is -0.121. The van der Waals surface area contributed by atoms with Crippen LogP contribution in [0.15, 0.2) is 5.51 Å². The highest BCUT2D eigenvalue weighted by atomic mass is 32.1. The molecule has 0 saturated heterocycles. The summed E-state index contributed by atoms with van der Waals surface area (Å²) in [6.07, 6.45) is 0.533. The van der Waals surface area contributed by atoms with Gasteiger partial charge in [-0.3, -0.25) is 4.79 Å². The number of rotatable bonds is 6. The maximum Gasteiger partial charge on any atom is 0.221 e. The third-order valence-electron chi connectivity index (χ3n) is 2.07. The largest absolute Gasteiger partial charge is 0.351 e. The molecule has 1 rings (SSSR count). The summed E-state index contributed by atoms with van der Waals surface area (Å²) in [5.74, 6) is 0.0868. The monoisotopic (exact) mass is 227 g/mol. The molecule has 0 saturated carbocycles. The van der Waals surface area contributed by atoms with Crippen LogP contribution in [0.5, 0.6) is 0 Å². The SMILES string of the molecule is CCNCCC(=O)NCc1scnc1C. The topological polar surface area (TPSA) is 54.0 Å². The lowest BCUT2D eigenvalue weighted by Gasteiger charge is -2.04. The molecule has 0 aliphatic heterocycles. The van der Waals surface area contributed by atoms with E-state index in [4.69, 9.17) is 0 Å². The number of nitrogens with one attached hydrogen (secondary N) is 2. The highest BCUT2D eigenvalue weighted by molar-refractivity contribution is 7.09. The van der Waals surface area contributed by atoms with Gasteiger partial charge in [0.2, 0.25) is 5.91 Å². The summed E-state index contributed by atoms with van der Waals surface area (Å²) < 4.78 is 0. The molecule has 0 aromatic carbocycles. The Bertz CT molecular complexity index is 311. The van der Waals surface area contributed by atoms with E-state index in [1.165, 1.54) is 0 Å². The van der Waals surface area contributed by atoms with Gasteiger partial charge in [0, 0.05) is 17.8 Å². The highest BCUT2D eigenvalue weighted by Gasteiger charge is 2.04. The normalized spacial score (nSPS) is 10.3. The maximum atomic E-state index is 11.4. The molecule has 1 aromatic heterocycles. The molecule has 1 aromatic rings. The van der Waals surface area contributed by atoms with Gasteiger partial charge >= 0.3 is 0 Å². The van der Waals surface area contributed by atoms with Gasteiger partial charge in [0.1, 0.15) is 0 Å². The first-order valence-corrected chi connectivity index (χ1v) is 5.98. The van der Waals surface area contributed by atoms with E-state index in [1.54, 1.807) is 16.8 Å². The summed E-state index contributed by atoms with van der Waals surface area (Å²) in [5.41, 5.74) is 2.81. The van der Waals surface area contributed by atoms with Crippen molar-refractivity contribution in [1.82, 2.24) is 15.6 Å². The van der Waals surface area contributed by atoms with Crippen molar-refractivity contribution in [1.29, 1.82) is 0 Å². The molecular weight excluding hydrogens is 210 g/mol. The molecule has 0 aliphatic carbocycles. The first-order chi connectivity index (χ1) is 7.24. The van der Waals surface area contributed by atoms with Crippen molar-refractivity contribution in [2.24, 2.45) is 0 Å². The van der Waals surface area contributed by atoms with Crippen molar-refractivity contribution in [3.05, 3.63) is 16.1 Å². The van der Waals surface area contributed by atoms with Crippen molar-refractivity contribution < 1.29 is 4.79 Å². The summed E-state index contributed by atoms with van der Waals surface area (Å²) in [6, 6.07) is 0. The first-order valence-electron chi connectivity index (χ1n) is 5.10. The Morgan fingerprint density at radius 3 is 3.00 bits per heavy atom. The fourth-order valence-corrected chi connectivity index (χ4v) is 1.86. The lowest BCUT2D eigenvalue weighted by Crippen LogP contribution is -2.27. The predicted molar refractivity (Wildman–Crippen MR) is 61.9 cm³/mol. The zero-order valence-electron chi connectivity index (χ0n) is 9.17. The lowest BCUT2D eigenvalue weighted by atomic mass is 10.3. The van der Waals surface area contributed by atoms with Crippen LogP contribution in [-0.2, 0) is 11.3 Å². The van der Waals surface area contributed by atoms with Crippen molar-refractivity contribution >= 4 is 17.2 Å². The average molecular weight is 227 g/mol. The van der Waals surface area contributed by atoms with Crippen molar-refractivity contribution in [3.8, 4) is 0 Å². The molecule has 0 fully saturated rings. The number of thiazole rings is 1. The Morgan fingerprint density at radius 2 is 2.40 bits per heavy atom. The van der Waals surface area contributed by atoms with E-state index < -0.39 is 0 Å². The second-order valence-corrected chi connectivity index (χ2v) is 4.18. The molecule has 1 heterocycles. The quantitative estimate of drug-likeness (QED) is 0.715. The van der Waals surface area contributed by atoms with Gasteiger partial charge in [-0.15, -0.1) is 11.3 Å². The summed E-state index contributed by atoms with van der Waals surface area (Å²) in [4.78, 5) is 16.6. The molecule has 4 nitrogen and oxygen atoms in total. The van der Waals surface area contributed by atoms with Gasteiger partial charge in [-0.25, -0.2) is 4.98 Å². The standard InChI is InChI=1S/C10H17N3OS/c1-3-11-5-4-10(14)12-6-9-8(2)13-7-15-9/h7,11H,3-6H2,1-2H3,(H,12,14). The minimum absolute atomic E-state index is 0.0868. The smallest absolute Gasteiger partial charge is 0.221 e. The predicted octanol–water partition coefficient (Wildman–Crippen LogP) is 1.07. The molecule has 0 atom stereocenters. The van der Waals surface area contributed by atoms with Crippen molar-refractivity contribution in [2.45, 2.75) is 26.8 Å². The molecule has 84 valence electrons. The molecule has 1 amide bonds. The van der Waals surface area contributed by atoms with Crippen LogP contribution in [0.25, 0.3) is 0 Å². The highest BCUT2D eigenvalue weighted by Crippen LogP contribution is 2.10. The van der Waals surface area contributed by atoms with E-state index >= 15 is 0 Å². The van der Waals surface area contributed by atoms with E-state index in [2.05, 4.69) is 15.6 Å². The number of amides is 1. The molecule has 0 spiro atoms. The van der Waals surface area contributed by atoms with E-state index in [0.29, 0.717) is 13.0 Å². The summed E-state index contributed by atoms with van der Waals surface area (Å²) in [5, 5.41) is 5.99. The van der Waals surface area contributed by atoms with Crippen LogP contribution in [0.2, 0.25) is 0 Å². The average Bonchev–Trinajstić information content (AvgIpc) is 2.61. The Kier molecular flexibility index (Phi) is 5.28. The van der Waals surface area contributed by atoms with Crippen LogP contribution in [0.3, 0.4) is 0 Å². The minimum atomic E-state index is 0.0868. The third-order valence-corrected chi connectivity index (χ3v) is 3.00. The number of hydrogen-bond acceptors (Lipinski definition) is 4. The molecule has 0 radical (unpaired) electrons. The number of aromatic nitrogens is 1. The number of hydrogen-bond donors (Lipinski definition) is 2. The molecule has 15 heavy (non-hydrogen) atoms. The van der Waals surface area contributed by atoms with Gasteiger partial charge in [0.05, 0.1) is 17.7 Å². The maximum absolute atomic E-state index is 11.4. The van der Waals surface area contributed by atoms with Crippen molar-refractivity contribution in [3.63, 3.8) is 0 Å².